The van der Waals surface area contributed by atoms with Crippen molar-refractivity contribution in [3.8, 4) is 0 Å². The Labute approximate surface area is 127 Å². The Kier molecular flexibility index (Phi) is 5.75. The largest absolute Gasteiger partial charge is 0.383 e. The average molecular weight is 312 g/mol. The molecule has 1 heterocycles. The molecule has 1 fully saturated rings. The van der Waals surface area contributed by atoms with Gasteiger partial charge in [0.2, 0.25) is 10.0 Å². The molecule has 0 saturated carbocycles. The molecule has 0 bridgehead atoms. The van der Waals surface area contributed by atoms with E-state index < -0.39 is 10.0 Å². The first-order valence-electron chi connectivity index (χ1n) is 7.33. The number of aryl methyl sites for hydroxylation is 1. The molecule has 0 radical (unpaired) electrons. The Balaban J connectivity index is 2.18. The molecular weight excluding hydrogens is 288 g/mol. The zero-order chi connectivity index (χ0) is 15.3. The molecule has 1 unspecified atom stereocenters. The van der Waals surface area contributed by atoms with Crippen LogP contribution < -0.4 is 5.32 Å². The summed E-state index contributed by atoms with van der Waals surface area (Å²) in [5, 5.41) is 3.35. The summed E-state index contributed by atoms with van der Waals surface area (Å²) in [4.78, 5) is 0.349. The van der Waals surface area contributed by atoms with Crippen molar-refractivity contribution < 1.29 is 13.2 Å². The molecule has 0 amide bonds. The summed E-state index contributed by atoms with van der Waals surface area (Å²) in [6, 6.07) is 7.24. The number of ether oxygens (including phenoxy) is 1. The molecule has 5 nitrogen and oxygen atoms in total. The highest BCUT2D eigenvalue weighted by molar-refractivity contribution is 7.89. The lowest BCUT2D eigenvalue weighted by Crippen LogP contribution is -2.42. The molecule has 2 rings (SSSR count). The summed E-state index contributed by atoms with van der Waals surface area (Å²) in [5.74, 6) is 0. The van der Waals surface area contributed by atoms with E-state index in [1.807, 2.05) is 19.1 Å². The van der Waals surface area contributed by atoms with Gasteiger partial charge in [0, 0.05) is 26.2 Å². The second-order valence-electron chi connectivity index (χ2n) is 5.46. The van der Waals surface area contributed by atoms with Gasteiger partial charge < -0.3 is 10.1 Å². The van der Waals surface area contributed by atoms with Crippen molar-refractivity contribution >= 4 is 10.0 Å². The smallest absolute Gasteiger partial charge is 0.243 e. The van der Waals surface area contributed by atoms with Crippen molar-refractivity contribution in [3.05, 3.63) is 29.8 Å². The zero-order valence-corrected chi connectivity index (χ0v) is 13.5. The van der Waals surface area contributed by atoms with E-state index in [9.17, 15) is 8.42 Å². The van der Waals surface area contributed by atoms with E-state index in [1.54, 1.807) is 19.2 Å². The predicted octanol–water partition coefficient (Wildman–Crippen LogP) is 1.38. The predicted molar refractivity (Wildman–Crippen MR) is 82.8 cm³/mol. The minimum atomic E-state index is -3.46. The molecule has 1 saturated heterocycles. The van der Waals surface area contributed by atoms with Crippen LogP contribution in [0.2, 0.25) is 0 Å². The molecule has 1 atom stereocenters. The molecule has 0 aliphatic carbocycles. The number of rotatable bonds is 7. The number of nitrogens with zero attached hydrogens (tertiary/aromatic N) is 1. The highest BCUT2D eigenvalue weighted by atomic mass is 32.2. The fraction of sp³-hybridized carbons (Fsp3) is 0.600. The van der Waals surface area contributed by atoms with Crippen LogP contribution in [0.1, 0.15) is 18.4 Å². The maximum absolute atomic E-state index is 12.8. The maximum Gasteiger partial charge on any atom is 0.243 e. The molecule has 118 valence electrons. The van der Waals surface area contributed by atoms with Gasteiger partial charge in [-0.25, -0.2) is 8.42 Å². The first kappa shape index (κ1) is 16.4. The lowest BCUT2D eigenvalue weighted by Gasteiger charge is -2.25. The van der Waals surface area contributed by atoms with Gasteiger partial charge in [-0.2, -0.15) is 4.31 Å². The zero-order valence-electron chi connectivity index (χ0n) is 12.7. The fourth-order valence-electron chi connectivity index (χ4n) is 2.52. The summed E-state index contributed by atoms with van der Waals surface area (Å²) in [6.07, 6.45) is 2.13. The van der Waals surface area contributed by atoms with Gasteiger partial charge in [-0.1, -0.05) is 17.7 Å². The van der Waals surface area contributed by atoms with Crippen molar-refractivity contribution in [2.75, 3.05) is 33.4 Å². The number of methoxy groups -OCH3 is 1. The van der Waals surface area contributed by atoms with Crippen LogP contribution in [0, 0.1) is 6.92 Å². The fourth-order valence-corrected chi connectivity index (χ4v) is 3.99. The third-order valence-corrected chi connectivity index (χ3v) is 5.67. The monoisotopic (exact) mass is 312 g/mol. The minimum absolute atomic E-state index is 0.238. The van der Waals surface area contributed by atoms with E-state index in [0.717, 1.165) is 24.9 Å². The molecule has 0 spiro atoms. The molecule has 1 aromatic carbocycles. The number of hydrogen-bond donors (Lipinski definition) is 1. The first-order valence-corrected chi connectivity index (χ1v) is 8.77. The number of sulfonamides is 1. The minimum Gasteiger partial charge on any atom is -0.383 e. The van der Waals surface area contributed by atoms with Gasteiger partial charge in [-0.05, 0) is 38.4 Å². The normalized spacial score (nSPS) is 19.3. The highest BCUT2D eigenvalue weighted by Crippen LogP contribution is 2.18. The third-order valence-electron chi connectivity index (χ3n) is 3.79. The van der Waals surface area contributed by atoms with E-state index in [1.165, 1.54) is 4.31 Å². The lowest BCUT2D eigenvalue weighted by atomic mass is 10.2. The second kappa shape index (κ2) is 7.35. The van der Waals surface area contributed by atoms with Crippen LogP contribution in [-0.2, 0) is 14.8 Å². The summed E-state index contributed by atoms with van der Waals surface area (Å²) < 4.78 is 32.2. The quantitative estimate of drug-likeness (QED) is 0.826. The Bertz CT molecular complexity index is 537. The molecule has 0 aromatic heterocycles. The number of benzene rings is 1. The third kappa shape index (κ3) is 4.26. The molecular formula is C15H24N2O3S. The van der Waals surface area contributed by atoms with Gasteiger partial charge >= 0.3 is 0 Å². The molecule has 1 aromatic rings. The SMILES string of the molecule is COCCN(CC1CCCN1)S(=O)(=O)c1ccc(C)cc1. The second-order valence-corrected chi connectivity index (χ2v) is 7.40. The molecule has 1 N–H and O–H groups in total. The van der Waals surface area contributed by atoms with Crippen LogP contribution >= 0.6 is 0 Å². The van der Waals surface area contributed by atoms with Crippen LogP contribution in [0.15, 0.2) is 29.2 Å². The van der Waals surface area contributed by atoms with E-state index in [-0.39, 0.29) is 6.04 Å². The Morgan fingerprint density at radius 2 is 2.05 bits per heavy atom. The Hall–Kier alpha value is -0.950. The maximum atomic E-state index is 12.8. The highest BCUT2D eigenvalue weighted by Gasteiger charge is 2.28. The molecule has 1 aliphatic heterocycles. The van der Waals surface area contributed by atoms with E-state index in [2.05, 4.69) is 5.32 Å². The van der Waals surface area contributed by atoms with Gasteiger partial charge in [0.15, 0.2) is 0 Å². The van der Waals surface area contributed by atoms with Crippen LogP contribution in [0.3, 0.4) is 0 Å². The van der Waals surface area contributed by atoms with Gasteiger partial charge in [0.1, 0.15) is 0 Å². The summed E-state index contributed by atoms with van der Waals surface area (Å²) in [5.41, 5.74) is 1.05. The summed E-state index contributed by atoms with van der Waals surface area (Å²) >= 11 is 0. The molecule has 1 aliphatic rings. The van der Waals surface area contributed by atoms with Crippen molar-refractivity contribution in [3.63, 3.8) is 0 Å². The molecule has 6 heteroatoms. The van der Waals surface area contributed by atoms with Crippen molar-refractivity contribution in [2.45, 2.75) is 30.7 Å². The van der Waals surface area contributed by atoms with Crippen LogP contribution in [-0.4, -0.2) is 52.1 Å². The first-order chi connectivity index (χ1) is 10.0. The Morgan fingerprint density at radius 1 is 1.33 bits per heavy atom. The molecule has 21 heavy (non-hydrogen) atoms. The number of hydrogen-bond acceptors (Lipinski definition) is 4. The summed E-state index contributed by atoms with van der Waals surface area (Å²) in [7, 11) is -1.88. The number of nitrogens with one attached hydrogen (secondary N) is 1. The van der Waals surface area contributed by atoms with Crippen LogP contribution in [0.5, 0.6) is 0 Å². The average Bonchev–Trinajstić information content (AvgIpc) is 2.96. The van der Waals surface area contributed by atoms with E-state index in [0.29, 0.717) is 24.6 Å². The van der Waals surface area contributed by atoms with Gasteiger partial charge in [0.25, 0.3) is 0 Å². The van der Waals surface area contributed by atoms with Crippen LogP contribution in [0.4, 0.5) is 0 Å². The Morgan fingerprint density at radius 3 is 2.62 bits per heavy atom. The summed E-state index contributed by atoms with van der Waals surface area (Å²) in [6.45, 7) is 4.19. The van der Waals surface area contributed by atoms with Gasteiger partial charge in [0.05, 0.1) is 11.5 Å². The van der Waals surface area contributed by atoms with Crippen molar-refractivity contribution in [1.29, 1.82) is 0 Å². The topological polar surface area (TPSA) is 58.6 Å². The lowest BCUT2D eigenvalue weighted by molar-refractivity contribution is 0.176. The standard InChI is InChI=1S/C15H24N2O3S/c1-13-5-7-15(8-6-13)21(18,19)17(10-11-20-2)12-14-4-3-9-16-14/h5-8,14,16H,3-4,9-12H2,1-2H3. The van der Waals surface area contributed by atoms with Crippen molar-refractivity contribution in [1.82, 2.24) is 9.62 Å². The van der Waals surface area contributed by atoms with E-state index in [4.69, 9.17) is 4.74 Å². The van der Waals surface area contributed by atoms with Gasteiger partial charge in [-0.3, -0.25) is 0 Å². The van der Waals surface area contributed by atoms with Gasteiger partial charge in [-0.15, -0.1) is 0 Å². The van der Waals surface area contributed by atoms with E-state index >= 15 is 0 Å². The van der Waals surface area contributed by atoms with Crippen molar-refractivity contribution in [2.24, 2.45) is 0 Å². The van der Waals surface area contributed by atoms with Crippen LogP contribution in [0.25, 0.3) is 0 Å².